The maximum absolute atomic E-state index is 10.1. The van der Waals surface area contributed by atoms with Crippen molar-refractivity contribution in [1.29, 1.82) is 0 Å². The fourth-order valence-corrected chi connectivity index (χ4v) is 2.38. The highest BCUT2D eigenvalue weighted by Gasteiger charge is 2.19. The third-order valence-corrected chi connectivity index (χ3v) is 3.68. The van der Waals surface area contributed by atoms with Crippen LogP contribution in [-0.4, -0.2) is 21.6 Å². The lowest BCUT2D eigenvalue weighted by Gasteiger charge is -2.18. The summed E-state index contributed by atoms with van der Waals surface area (Å²) < 4.78 is 0. The van der Waals surface area contributed by atoms with Crippen LogP contribution in [0.25, 0.3) is 10.8 Å². The highest BCUT2D eigenvalue weighted by atomic mass is 79.9. The number of aryl methyl sites for hydroxylation is 1. The third kappa shape index (κ3) is 2.37. The molecule has 2 rings (SSSR count). The van der Waals surface area contributed by atoms with E-state index in [1.54, 1.807) is 0 Å². The van der Waals surface area contributed by atoms with Crippen LogP contribution in [0.3, 0.4) is 0 Å². The molecule has 2 aromatic rings. The number of fused-ring (bicyclic) bond motifs is 1. The fourth-order valence-electron chi connectivity index (χ4n) is 2.02. The molecular formula is C14H15BrO2. The first kappa shape index (κ1) is 12.6. The summed E-state index contributed by atoms with van der Waals surface area (Å²) in [5.74, 6) is 0. The minimum atomic E-state index is -0.861. The lowest BCUT2D eigenvalue weighted by molar-refractivity contribution is 0.0352. The first-order chi connectivity index (χ1) is 8.15. The lowest BCUT2D eigenvalue weighted by Crippen LogP contribution is -2.19. The zero-order valence-electron chi connectivity index (χ0n) is 9.60. The van der Waals surface area contributed by atoms with E-state index in [1.165, 1.54) is 5.56 Å². The van der Waals surface area contributed by atoms with Crippen LogP contribution in [-0.2, 0) is 0 Å². The van der Waals surface area contributed by atoms with Crippen LogP contribution in [0.2, 0.25) is 0 Å². The van der Waals surface area contributed by atoms with Gasteiger partial charge in [-0.15, -0.1) is 0 Å². The molecule has 90 valence electrons. The fraction of sp³-hybridized carbons (Fsp3) is 0.286. The van der Waals surface area contributed by atoms with Crippen molar-refractivity contribution in [2.45, 2.75) is 19.1 Å². The molecule has 2 atom stereocenters. The van der Waals surface area contributed by atoms with Gasteiger partial charge in [-0.3, -0.25) is 0 Å². The normalized spacial score (nSPS) is 14.8. The molecule has 0 aliphatic carbocycles. The number of hydrogen-bond acceptors (Lipinski definition) is 2. The molecule has 0 spiro atoms. The summed E-state index contributed by atoms with van der Waals surface area (Å²) in [6, 6.07) is 11.8. The Kier molecular flexibility index (Phi) is 3.82. The molecule has 0 aliphatic heterocycles. The highest BCUT2D eigenvalue weighted by molar-refractivity contribution is 9.09. The Labute approximate surface area is 109 Å². The zero-order valence-corrected chi connectivity index (χ0v) is 11.2. The molecule has 2 aromatic carbocycles. The molecule has 0 aliphatic rings. The van der Waals surface area contributed by atoms with Crippen molar-refractivity contribution in [3.63, 3.8) is 0 Å². The number of rotatable bonds is 3. The van der Waals surface area contributed by atoms with E-state index in [-0.39, 0.29) is 0 Å². The Balaban J connectivity index is 2.59. The van der Waals surface area contributed by atoms with Crippen molar-refractivity contribution in [2.24, 2.45) is 0 Å². The molecule has 2 N–H and O–H groups in total. The molecule has 0 amide bonds. The monoisotopic (exact) mass is 294 g/mol. The van der Waals surface area contributed by atoms with Gasteiger partial charge in [0.15, 0.2) is 0 Å². The number of benzene rings is 2. The van der Waals surface area contributed by atoms with E-state index >= 15 is 0 Å². The van der Waals surface area contributed by atoms with Crippen molar-refractivity contribution in [3.05, 3.63) is 47.5 Å². The van der Waals surface area contributed by atoms with Crippen molar-refractivity contribution in [1.82, 2.24) is 0 Å². The van der Waals surface area contributed by atoms with Crippen molar-refractivity contribution >= 4 is 26.7 Å². The Hall–Kier alpha value is -0.900. The smallest absolute Gasteiger partial charge is 0.106 e. The van der Waals surface area contributed by atoms with Gasteiger partial charge in [0.25, 0.3) is 0 Å². The predicted molar refractivity (Wildman–Crippen MR) is 73.4 cm³/mol. The van der Waals surface area contributed by atoms with Crippen LogP contribution in [0.5, 0.6) is 0 Å². The predicted octanol–water partition coefficient (Wildman–Crippen LogP) is 2.94. The maximum atomic E-state index is 10.1. The largest absolute Gasteiger partial charge is 0.389 e. The van der Waals surface area contributed by atoms with Gasteiger partial charge >= 0.3 is 0 Å². The summed E-state index contributed by atoms with van der Waals surface area (Å²) in [6.07, 6.45) is -1.65. The van der Waals surface area contributed by atoms with E-state index in [0.29, 0.717) is 5.33 Å². The van der Waals surface area contributed by atoms with Gasteiger partial charge in [-0.05, 0) is 28.8 Å². The van der Waals surface area contributed by atoms with E-state index in [0.717, 1.165) is 16.3 Å². The second-order valence-corrected chi connectivity index (χ2v) is 4.83. The van der Waals surface area contributed by atoms with Gasteiger partial charge in [-0.2, -0.15) is 0 Å². The number of halogens is 1. The highest BCUT2D eigenvalue weighted by Crippen LogP contribution is 2.28. The summed E-state index contributed by atoms with van der Waals surface area (Å²) in [6.45, 7) is 2.04. The van der Waals surface area contributed by atoms with Crippen molar-refractivity contribution < 1.29 is 10.2 Å². The number of hydrogen-bond donors (Lipinski definition) is 2. The molecule has 2 unspecified atom stereocenters. The second-order valence-electron chi connectivity index (χ2n) is 4.18. The molecule has 0 aromatic heterocycles. The minimum Gasteiger partial charge on any atom is -0.389 e. The molecule has 3 heteroatoms. The molecule has 2 nitrogen and oxygen atoms in total. The topological polar surface area (TPSA) is 40.5 Å². The summed E-state index contributed by atoms with van der Waals surface area (Å²) in [7, 11) is 0. The van der Waals surface area contributed by atoms with Gasteiger partial charge in [0.1, 0.15) is 6.10 Å². The van der Waals surface area contributed by atoms with E-state index in [9.17, 15) is 10.2 Å². The van der Waals surface area contributed by atoms with E-state index in [1.807, 2.05) is 43.3 Å². The van der Waals surface area contributed by atoms with Gasteiger partial charge in [-0.25, -0.2) is 0 Å². The van der Waals surface area contributed by atoms with Crippen LogP contribution < -0.4 is 0 Å². The zero-order chi connectivity index (χ0) is 12.4. The molecule has 0 saturated heterocycles. The van der Waals surface area contributed by atoms with E-state index < -0.39 is 12.2 Å². The van der Waals surface area contributed by atoms with E-state index in [2.05, 4.69) is 15.9 Å². The van der Waals surface area contributed by atoms with Crippen LogP contribution in [0.4, 0.5) is 0 Å². The van der Waals surface area contributed by atoms with Gasteiger partial charge in [0, 0.05) is 5.33 Å². The number of alkyl halides is 1. The summed E-state index contributed by atoms with van der Waals surface area (Å²) in [5.41, 5.74) is 1.95. The molecule has 17 heavy (non-hydrogen) atoms. The number of aliphatic hydroxyl groups excluding tert-OH is 2. The van der Waals surface area contributed by atoms with Gasteiger partial charge in [0.05, 0.1) is 6.10 Å². The standard InChI is InChI=1S/C14H15BrO2/c1-9-6-7-12(14(17)13(16)8-15)11-5-3-2-4-10(9)11/h2-7,13-14,16-17H,8H2,1H3. The van der Waals surface area contributed by atoms with Crippen molar-refractivity contribution in [3.8, 4) is 0 Å². The molecule has 0 bridgehead atoms. The summed E-state index contributed by atoms with van der Waals surface area (Å²) >= 11 is 3.18. The average Bonchev–Trinajstić information content (AvgIpc) is 2.38. The Morgan fingerprint density at radius 1 is 1.06 bits per heavy atom. The quantitative estimate of drug-likeness (QED) is 0.855. The SMILES string of the molecule is Cc1ccc(C(O)C(O)CBr)c2ccccc12. The van der Waals surface area contributed by atoms with Crippen LogP contribution >= 0.6 is 15.9 Å². The third-order valence-electron chi connectivity index (χ3n) is 3.02. The van der Waals surface area contributed by atoms with Crippen LogP contribution in [0.1, 0.15) is 17.2 Å². The van der Waals surface area contributed by atoms with Gasteiger partial charge in [-0.1, -0.05) is 52.3 Å². The maximum Gasteiger partial charge on any atom is 0.106 e. The minimum absolute atomic E-state index is 0.358. The van der Waals surface area contributed by atoms with Crippen LogP contribution in [0.15, 0.2) is 36.4 Å². The molecule has 0 heterocycles. The molecule has 0 saturated carbocycles. The molecule has 0 radical (unpaired) electrons. The lowest BCUT2D eigenvalue weighted by atomic mass is 9.95. The first-order valence-electron chi connectivity index (χ1n) is 5.55. The van der Waals surface area contributed by atoms with Crippen LogP contribution in [0, 0.1) is 6.92 Å². The van der Waals surface area contributed by atoms with Gasteiger partial charge < -0.3 is 10.2 Å². The van der Waals surface area contributed by atoms with Gasteiger partial charge in [0.2, 0.25) is 0 Å². The summed E-state index contributed by atoms with van der Waals surface area (Å²) in [4.78, 5) is 0. The molecule has 0 fully saturated rings. The Morgan fingerprint density at radius 3 is 2.35 bits per heavy atom. The second kappa shape index (κ2) is 5.17. The van der Waals surface area contributed by atoms with Crippen molar-refractivity contribution in [2.75, 3.05) is 5.33 Å². The first-order valence-corrected chi connectivity index (χ1v) is 6.67. The Bertz CT molecular complexity index is 525. The Morgan fingerprint density at radius 2 is 1.71 bits per heavy atom. The van der Waals surface area contributed by atoms with E-state index in [4.69, 9.17) is 0 Å². The number of aliphatic hydroxyl groups is 2. The average molecular weight is 295 g/mol. The summed E-state index contributed by atoms with van der Waals surface area (Å²) in [5, 5.41) is 22.3. The molecular weight excluding hydrogens is 280 g/mol.